The largest absolute Gasteiger partial charge is 0.497 e. The van der Waals surface area contributed by atoms with Crippen molar-refractivity contribution < 1.29 is 4.74 Å². The average Bonchev–Trinajstić information content (AvgIpc) is 3.18. The Hall–Kier alpha value is -2.24. The van der Waals surface area contributed by atoms with E-state index in [-0.39, 0.29) is 0 Å². The van der Waals surface area contributed by atoms with Gasteiger partial charge in [0.1, 0.15) is 11.4 Å². The molecule has 3 heterocycles. The third-order valence-corrected chi connectivity index (χ3v) is 5.92. The first-order valence-corrected chi connectivity index (χ1v) is 9.29. The SMILES string of the molecule is COc1ccc(Sc2cc(-c3c(C)nc4ccccn34)cs2)cc1. The van der Waals surface area contributed by atoms with Gasteiger partial charge in [-0.05, 0) is 49.4 Å². The molecule has 0 aliphatic rings. The summed E-state index contributed by atoms with van der Waals surface area (Å²) < 4.78 is 8.63. The molecule has 120 valence electrons. The van der Waals surface area contributed by atoms with Crippen LogP contribution in [-0.4, -0.2) is 16.5 Å². The van der Waals surface area contributed by atoms with Crippen LogP contribution in [0, 0.1) is 6.92 Å². The number of hydrogen-bond acceptors (Lipinski definition) is 4. The number of pyridine rings is 1. The van der Waals surface area contributed by atoms with E-state index in [1.165, 1.54) is 20.4 Å². The molecule has 4 rings (SSSR count). The third-order valence-electron chi connectivity index (χ3n) is 3.83. The molecule has 4 aromatic rings. The molecule has 0 bridgehead atoms. The minimum Gasteiger partial charge on any atom is -0.497 e. The molecule has 0 N–H and O–H groups in total. The number of fused-ring (bicyclic) bond motifs is 1. The smallest absolute Gasteiger partial charge is 0.137 e. The number of imidazole rings is 1. The van der Waals surface area contributed by atoms with Crippen molar-refractivity contribution in [1.82, 2.24) is 9.38 Å². The standard InChI is InChI=1S/C19H16N2OS2/c1-13-19(21-10-4-3-5-17(21)20-13)14-11-18(23-12-14)24-16-8-6-15(22-2)7-9-16/h3-12H,1-2H3. The van der Waals surface area contributed by atoms with Crippen LogP contribution in [0.5, 0.6) is 5.75 Å². The van der Waals surface area contributed by atoms with Gasteiger partial charge in [-0.1, -0.05) is 17.8 Å². The average molecular weight is 352 g/mol. The zero-order valence-corrected chi connectivity index (χ0v) is 15.0. The molecule has 0 spiro atoms. The van der Waals surface area contributed by atoms with Gasteiger partial charge in [0.25, 0.3) is 0 Å². The predicted octanol–water partition coefficient (Wildman–Crippen LogP) is 5.53. The Morgan fingerprint density at radius 2 is 1.96 bits per heavy atom. The first kappa shape index (κ1) is 15.3. The molecule has 3 aromatic heterocycles. The number of hydrogen-bond donors (Lipinski definition) is 0. The van der Waals surface area contributed by atoms with Crippen molar-refractivity contribution in [3.05, 3.63) is 65.8 Å². The number of aryl methyl sites for hydroxylation is 1. The van der Waals surface area contributed by atoms with Crippen LogP contribution in [0.1, 0.15) is 5.69 Å². The summed E-state index contributed by atoms with van der Waals surface area (Å²) >= 11 is 3.53. The molecule has 5 heteroatoms. The second-order valence-electron chi connectivity index (χ2n) is 5.41. The highest BCUT2D eigenvalue weighted by Crippen LogP contribution is 2.37. The fraction of sp³-hybridized carbons (Fsp3) is 0.105. The zero-order valence-electron chi connectivity index (χ0n) is 13.4. The monoisotopic (exact) mass is 352 g/mol. The Labute approximate surface area is 148 Å². The fourth-order valence-corrected chi connectivity index (χ4v) is 4.65. The molecule has 0 saturated heterocycles. The highest BCUT2D eigenvalue weighted by Gasteiger charge is 2.12. The van der Waals surface area contributed by atoms with E-state index in [4.69, 9.17) is 4.74 Å². The summed E-state index contributed by atoms with van der Waals surface area (Å²) in [6.07, 6.45) is 2.07. The quantitative estimate of drug-likeness (QED) is 0.483. The van der Waals surface area contributed by atoms with Gasteiger partial charge >= 0.3 is 0 Å². The van der Waals surface area contributed by atoms with Crippen molar-refractivity contribution in [3.8, 4) is 17.0 Å². The number of ether oxygens (including phenoxy) is 1. The molecule has 0 unspecified atom stereocenters. The molecule has 0 aliphatic carbocycles. The number of rotatable bonds is 4. The number of nitrogens with zero attached hydrogens (tertiary/aromatic N) is 2. The maximum atomic E-state index is 5.21. The summed E-state index contributed by atoms with van der Waals surface area (Å²) in [4.78, 5) is 5.86. The molecule has 0 saturated carbocycles. The molecule has 0 amide bonds. The highest BCUT2D eigenvalue weighted by atomic mass is 32.2. The van der Waals surface area contributed by atoms with Crippen LogP contribution < -0.4 is 4.74 Å². The second kappa shape index (κ2) is 6.34. The van der Waals surface area contributed by atoms with Crippen molar-refractivity contribution >= 4 is 28.7 Å². The van der Waals surface area contributed by atoms with E-state index in [9.17, 15) is 0 Å². The Morgan fingerprint density at radius 1 is 1.12 bits per heavy atom. The molecule has 1 aromatic carbocycles. The van der Waals surface area contributed by atoms with Crippen LogP contribution in [0.4, 0.5) is 0 Å². The fourth-order valence-electron chi connectivity index (χ4n) is 2.72. The molecular weight excluding hydrogens is 336 g/mol. The van der Waals surface area contributed by atoms with E-state index >= 15 is 0 Å². The van der Waals surface area contributed by atoms with Crippen LogP contribution in [0.15, 0.2) is 69.2 Å². The molecular formula is C19H16N2OS2. The summed E-state index contributed by atoms with van der Waals surface area (Å²) in [6, 6.07) is 16.5. The van der Waals surface area contributed by atoms with Crippen molar-refractivity contribution in [1.29, 1.82) is 0 Å². The van der Waals surface area contributed by atoms with Crippen LogP contribution in [0.2, 0.25) is 0 Å². The summed E-state index contributed by atoms with van der Waals surface area (Å²) in [6.45, 7) is 2.07. The summed E-state index contributed by atoms with van der Waals surface area (Å²) in [7, 11) is 1.69. The maximum absolute atomic E-state index is 5.21. The van der Waals surface area contributed by atoms with Gasteiger partial charge in [-0.3, -0.25) is 4.40 Å². The Bertz CT molecular complexity index is 986. The van der Waals surface area contributed by atoms with Gasteiger partial charge in [-0.25, -0.2) is 4.98 Å². The first-order valence-electron chi connectivity index (χ1n) is 7.59. The van der Waals surface area contributed by atoms with E-state index < -0.39 is 0 Å². The Morgan fingerprint density at radius 3 is 2.75 bits per heavy atom. The van der Waals surface area contributed by atoms with Gasteiger partial charge in [0.05, 0.1) is 22.7 Å². The van der Waals surface area contributed by atoms with Crippen molar-refractivity contribution in [2.24, 2.45) is 0 Å². The van der Waals surface area contributed by atoms with Crippen LogP contribution in [-0.2, 0) is 0 Å². The van der Waals surface area contributed by atoms with Crippen molar-refractivity contribution in [2.45, 2.75) is 16.0 Å². The lowest BCUT2D eigenvalue weighted by atomic mass is 10.2. The number of benzene rings is 1. The molecule has 3 nitrogen and oxygen atoms in total. The normalized spacial score (nSPS) is 11.1. The number of aromatic nitrogens is 2. The molecule has 24 heavy (non-hydrogen) atoms. The van der Waals surface area contributed by atoms with Crippen LogP contribution in [0.25, 0.3) is 16.9 Å². The minimum atomic E-state index is 0.882. The molecule has 0 radical (unpaired) electrons. The van der Waals surface area contributed by atoms with Crippen LogP contribution >= 0.6 is 23.1 Å². The molecule has 0 fully saturated rings. The Kier molecular flexibility index (Phi) is 4.04. The summed E-state index contributed by atoms with van der Waals surface area (Å²) in [5.41, 5.74) is 4.43. The van der Waals surface area contributed by atoms with E-state index in [1.54, 1.807) is 30.2 Å². The number of methoxy groups -OCH3 is 1. The van der Waals surface area contributed by atoms with Gasteiger partial charge < -0.3 is 4.74 Å². The summed E-state index contributed by atoms with van der Waals surface area (Å²) in [5.74, 6) is 0.882. The minimum absolute atomic E-state index is 0.882. The summed E-state index contributed by atoms with van der Waals surface area (Å²) in [5, 5.41) is 2.20. The van der Waals surface area contributed by atoms with Gasteiger partial charge in [-0.15, -0.1) is 11.3 Å². The molecule has 0 aliphatic heterocycles. The van der Waals surface area contributed by atoms with E-state index in [0.29, 0.717) is 0 Å². The topological polar surface area (TPSA) is 26.5 Å². The lowest BCUT2D eigenvalue weighted by Crippen LogP contribution is -1.86. The number of thiophene rings is 1. The van der Waals surface area contributed by atoms with Gasteiger partial charge in [0.15, 0.2) is 0 Å². The van der Waals surface area contributed by atoms with E-state index in [0.717, 1.165) is 17.1 Å². The lowest BCUT2D eigenvalue weighted by molar-refractivity contribution is 0.414. The first-order chi connectivity index (χ1) is 11.7. The van der Waals surface area contributed by atoms with Crippen molar-refractivity contribution in [3.63, 3.8) is 0 Å². The third kappa shape index (κ3) is 2.81. The predicted molar refractivity (Wildman–Crippen MR) is 100 cm³/mol. The zero-order chi connectivity index (χ0) is 16.5. The van der Waals surface area contributed by atoms with Gasteiger partial charge in [0.2, 0.25) is 0 Å². The van der Waals surface area contributed by atoms with E-state index in [1.807, 2.05) is 30.3 Å². The van der Waals surface area contributed by atoms with Crippen molar-refractivity contribution in [2.75, 3.05) is 7.11 Å². The maximum Gasteiger partial charge on any atom is 0.137 e. The van der Waals surface area contributed by atoms with E-state index in [2.05, 4.69) is 46.1 Å². The van der Waals surface area contributed by atoms with Crippen LogP contribution in [0.3, 0.4) is 0 Å². The Balaban J connectivity index is 1.65. The van der Waals surface area contributed by atoms with Gasteiger partial charge in [0, 0.05) is 22.0 Å². The van der Waals surface area contributed by atoms with Gasteiger partial charge in [-0.2, -0.15) is 0 Å². The highest BCUT2D eigenvalue weighted by molar-refractivity contribution is 8.01. The molecule has 0 atom stereocenters. The lowest BCUT2D eigenvalue weighted by Gasteiger charge is -2.02. The second-order valence-corrected chi connectivity index (χ2v) is 7.69.